The van der Waals surface area contributed by atoms with Crippen LogP contribution < -0.4 is 15.8 Å². The molecule has 0 heterocycles. The van der Waals surface area contributed by atoms with Crippen LogP contribution in [0.2, 0.25) is 10.0 Å². The van der Waals surface area contributed by atoms with E-state index in [1.165, 1.54) is 0 Å². The smallest absolute Gasteiger partial charge is 0.251 e. The van der Waals surface area contributed by atoms with Crippen molar-refractivity contribution < 1.29 is 9.53 Å². The molecule has 0 unspecified atom stereocenters. The summed E-state index contributed by atoms with van der Waals surface area (Å²) in [6, 6.07) is 9.68. The summed E-state index contributed by atoms with van der Waals surface area (Å²) in [5.41, 5.74) is 6.73. The largest absolute Gasteiger partial charge is 0.454 e. The van der Waals surface area contributed by atoms with Gasteiger partial charge in [0.2, 0.25) is 0 Å². The van der Waals surface area contributed by atoms with Crippen molar-refractivity contribution in [3.8, 4) is 11.5 Å². The van der Waals surface area contributed by atoms with Crippen molar-refractivity contribution in [3.63, 3.8) is 0 Å². The molecule has 21 heavy (non-hydrogen) atoms. The molecule has 2 rings (SSSR count). The molecule has 0 fully saturated rings. The summed E-state index contributed by atoms with van der Waals surface area (Å²) in [5, 5.41) is 3.61. The molecule has 0 spiro atoms. The lowest BCUT2D eigenvalue weighted by molar-refractivity contribution is 0.0955. The Kier molecular flexibility index (Phi) is 4.94. The number of halogens is 2. The Morgan fingerprint density at radius 3 is 2.67 bits per heavy atom. The summed E-state index contributed by atoms with van der Waals surface area (Å²) in [6.45, 7) is 2.39. The van der Waals surface area contributed by atoms with E-state index >= 15 is 0 Å². The maximum Gasteiger partial charge on any atom is 0.251 e. The first-order valence-electron chi connectivity index (χ1n) is 6.32. The molecule has 0 aliphatic heterocycles. The predicted octanol–water partition coefficient (Wildman–Crippen LogP) is 4.12. The Balaban J connectivity index is 2.33. The molecule has 0 bridgehead atoms. The summed E-state index contributed by atoms with van der Waals surface area (Å²) in [6.07, 6.45) is 0. The van der Waals surface area contributed by atoms with Gasteiger partial charge >= 0.3 is 0 Å². The van der Waals surface area contributed by atoms with Crippen molar-refractivity contribution in [1.82, 2.24) is 5.32 Å². The van der Waals surface area contributed by atoms with Gasteiger partial charge in [0.1, 0.15) is 5.75 Å². The number of amides is 1. The molecule has 0 radical (unpaired) electrons. The maximum atomic E-state index is 11.8. The van der Waals surface area contributed by atoms with E-state index < -0.39 is 0 Å². The van der Waals surface area contributed by atoms with Crippen LogP contribution in [-0.4, -0.2) is 12.5 Å². The summed E-state index contributed by atoms with van der Waals surface area (Å²) >= 11 is 12.0. The van der Waals surface area contributed by atoms with Gasteiger partial charge in [-0.2, -0.15) is 0 Å². The number of nitrogens with two attached hydrogens (primary N) is 1. The molecule has 0 atom stereocenters. The van der Waals surface area contributed by atoms with E-state index in [1.54, 1.807) is 36.4 Å². The Morgan fingerprint density at radius 2 is 1.95 bits per heavy atom. The van der Waals surface area contributed by atoms with Crippen LogP contribution in [0.1, 0.15) is 17.3 Å². The van der Waals surface area contributed by atoms with Gasteiger partial charge in [0.15, 0.2) is 5.75 Å². The van der Waals surface area contributed by atoms with E-state index in [-0.39, 0.29) is 5.91 Å². The molecule has 4 nitrogen and oxygen atoms in total. The van der Waals surface area contributed by atoms with Crippen LogP contribution in [0.15, 0.2) is 36.4 Å². The predicted molar refractivity (Wildman–Crippen MR) is 85.4 cm³/mol. The van der Waals surface area contributed by atoms with Gasteiger partial charge in [0.05, 0.1) is 10.7 Å². The van der Waals surface area contributed by atoms with Crippen LogP contribution in [0.4, 0.5) is 5.69 Å². The fourth-order valence-electron chi connectivity index (χ4n) is 1.70. The average molecular weight is 325 g/mol. The topological polar surface area (TPSA) is 64.4 Å². The summed E-state index contributed by atoms with van der Waals surface area (Å²) in [5.74, 6) is 0.534. The van der Waals surface area contributed by atoms with E-state index in [0.29, 0.717) is 39.3 Å². The van der Waals surface area contributed by atoms with Crippen molar-refractivity contribution in [2.45, 2.75) is 6.92 Å². The molecular formula is C15H14Cl2N2O2. The summed E-state index contributed by atoms with van der Waals surface area (Å²) in [7, 11) is 0. The number of carbonyl (C=O) groups excluding carboxylic acids is 1. The number of nitrogens with one attached hydrogen (secondary N) is 1. The number of hydrogen-bond donors (Lipinski definition) is 2. The van der Waals surface area contributed by atoms with Gasteiger partial charge in [-0.25, -0.2) is 0 Å². The van der Waals surface area contributed by atoms with E-state index in [1.807, 2.05) is 6.92 Å². The fourth-order valence-corrected chi connectivity index (χ4v) is 2.02. The molecule has 3 N–H and O–H groups in total. The highest BCUT2D eigenvalue weighted by Crippen LogP contribution is 2.34. The van der Waals surface area contributed by atoms with E-state index in [4.69, 9.17) is 33.7 Å². The number of rotatable bonds is 4. The zero-order valence-electron chi connectivity index (χ0n) is 11.3. The van der Waals surface area contributed by atoms with Crippen molar-refractivity contribution in [2.24, 2.45) is 0 Å². The van der Waals surface area contributed by atoms with Gasteiger partial charge in [-0.15, -0.1) is 0 Å². The van der Waals surface area contributed by atoms with Gasteiger partial charge in [0.25, 0.3) is 5.91 Å². The molecule has 6 heteroatoms. The Labute approximate surface area is 132 Å². The second-order valence-corrected chi connectivity index (χ2v) is 5.13. The first-order valence-corrected chi connectivity index (χ1v) is 7.07. The molecule has 0 aliphatic rings. The third-order valence-electron chi connectivity index (χ3n) is 2.73. The molecule has 0 saturated carbocycles. The number of benzene rings is 2. The number of ether oxygens (including phenoxy) is 1. The number of nitrogen functional groups attached to an aromatic ring is 1. The summed E-state index contributed by atoms with van der Waals surface area (Å²) in [4.78, 5) is 11.8. The highest BCUT2D eigenvalue weighted by atomic mass is 35.5. The Hall–Kier alpha value is -1.91. The third-order valence-corrected chi connectivity index (χ3v) is 3.27. The lowest BCUT2D eigenvalue weighted by Gasteiger charge is -2.12. The van der Waals surface area contributed by atoms with Crippen LogP contribution in [-0.2, 0) is 0 Å². The number of anilines is 1. The normalized spacial score (nSPS) is 10.2. The standard InChI is InChI=1S/C15H14Cl2N2O2/c1-2-19-15(20)9-3-6-12(18)14(7-9)21-13-8-10(16)4-5-11(13)17/h3-8H,2,18H2,1H3,(H,19,20). The van der Waals surface area contributed by atoms with Crippen LogP contribution in [0, 0.1) is 0 Å². The van der Waals surface area contributed by atoms with Crippen molar-refractivity contribution in [1.29, 1.82) is 0 Å². The van der Waals surface area contributed by atoms with E-state index in [0.717, 1.165) is 0 Å². The average Bonchev–Trinajstić information content (AvgIpc) is 2.45. The van der Waals surface area contributed by atoms with Gasteiger partial charge < -0.3 is 15.8 Å². The van der Waals surface area contributed by atoms with Crippen molar-refractivity contribution >= 4 is 34.8 Å². The van der Waals surface area contributed by atoms with Crippen molar-refractivity contribution in [2.75, 3.05) is 12.3 Å². The lowest BCUT2D eigenvalue weighted by Crippen LogP contribution is -2.22. The lowest BCUT2D eigenvalue weighted by atomic mass is 10.1. The number of carbonyl (C=O) groups is 1. The maximum absolute atomic E-state index is 11.8. The highest BCUT2D eigenvalue weighted by Gasteiger charge is 2.11. The fraction of sp³-hybridized carbons (Fsp3) is 0.133. The summed E-state index contributed by atoms with van der Waals surface area (Å²) < 4.78 is 5.67. The SMILES string of the molecule is CCNC(=O)c1ccc(N)c(Oc2cc(Cl)ccc2Cl)c1. The van der Waals surface area contributed by atoms with Gasteiger partial charge in [-0.05, 0) is 37.3 Å². The minimum absolute atomic E-state index is 0.195. The Bertz CT molecular complexity index is 675. The molecule has 2 aromatic rings. The molecule has 2 aromatic carbocycles. The zero-order chi connectivity index (χ0) is 15.4. The van der Waals surface area contributed by atoms with Gasteiger partial charge in [0, 0.05) is 23.2 Å². The number of hydrogen-bond acceptors (Lipinski definition) is 3. The first-order chi connectivity index (χ1) is 10.0. The molecule has 110 valence electrons. The first kappa shape index (κ1) is 15.5. The highest BCUT2D eigenvalue weighted by molar-refractivity contribution is 6.34. The van der Waals surface area contributed by atoms with E-state index in [9.17, 15) is 4.79 Å². The van der Waals surface area contributed by atoms with Gasteiger partial charge in [-0.3, -0.25) is 4.79 Å². The third kappa shape index (κ3) is 3.80. The minimum Gasteiger partial charge on any atom is -0.454 e. The monoisotopic (exact) mass is 324 g/mol. The second-order valence-electron chi connectivity index (χ2n) is 4.29. The zero-order valence-corrected chi connectivity index (χ0v) is 12.8. The minimum atomic E-state index is -0.195. The molecular weight excluding hydrogens is 311 g/mol. The molecule has 0 aromatic heterocycles. The van der Waals surface area contributed by atoms with E-state index in [2.05, 4.69) is 5.32 Å². The van der Waals surface area contributed by atoms with Crippen LogP contribution >= 0.6 is 23.2 Å². The molecule has 0 saturated heterocycles. The molecule has 0 aliphatic carbocycles. The van der Waals surface area contributed by atoms with Crippen LogP contribution in [0.25, 0.3) is 0 Å². The second kappa shape index (κ2) is 6.70. The van der Waals surface area contributed by atoms with Crippen LogP contribution in [0.3, 0.4) is 0 Å². The molecule has 1 amide bonds. The van der Waals surface area contributed by atoms with Crippen LogP contribution in [0.5, 0.6) is 11.5 Å². The van der Waals surface area contributed by atoms with Gasteiger partial charge in [-0.1, -0.05) is 23.2 Å². The Morgan fingerprint density at radius 1 is 1.19 bits per heavy atom. The van der Waals surface area contributed by atoms with Crippen molar-refractivity contribution in [3.05, 3.63) is 52.0 Å². The quantitative estimate of drug-likeness (QED) is 0.831.